The van der Waals surface area contributed by atoms with E-state index in [1.54, 1.807) is 18.3 Å². The van der Waals surface area contributed by atoms with Crippen molar-refractivity contribution in [1.29, 1.82) is 0 Å². The standard InChI is InChI=1S/C25H26FN5O2/c26-21-7-5-18(6-8-21)24(32)31-10-2-4-20(17-31)23-22(19-3-1-9-27-15-19)16-28-25(29-23)30-11-13-33-14-12-30/h1,3,5-9,15-16,20H,2,4,10-14,17H2. The average molecular weight is 448 g/mol. The topological polar surface area (TPSA) is 71.5 Å². The summed E-state index contributed by atoms with van der Waals surface area (Å²) in [5.41, 5.74) is 3.35. The number of amides is 1. The molecule has 0 spiro atoms. The fourth-order valence-electron chi connectivity index (χ4n) is 4.52. The summed E-state index contributed by atoms with van der Waals surface area (Å²) in [6.45, 7) is 4.06. The van der Waals surface area contributed by atoms with Gasteiger partial charge in [0.25, 0.3) is 5.91 Å². The number of hydrogen-bond donors (Lipinski definition) is 0. The minimum absolute atomic E-state index is 0.0705. The van der Waals surface area contributed by atoms with E-state index in [1.165, 1.54) is 12.1 Å². The lowest BCUT2D eigenvalue weighted by molar-refractivity contribution is 0.0706. The van der Waals surface area contributed by atoms with Crippen LogP contribution in [0.15, 0.2) is 55.0 Å². The minimum Gasteiger partial charge on any atom is -0.378 e. The van der Waals surface area contributed by atoms with Crippen LogP contribution in [-0.2, 0) is 4.74 Å². The number of ether oxygens (including phenoxy) is 1. The number of hydrogen-bond acceptors (Lipinski definition) is 6. The van der Waals surface area contributed by atoms with E-state index in [1.807, 2.05) is 29.4 Å². The number of piperidine rings is 1. The molecular formula is C25H26FN5O2. The number of carbonyl (C=O) groups excluding carboxylic acids is 1. The number of rotatable bonds is 4. The van der Waals surface area contributed by atoms with Gasteiger partial charge in [-0.05, 0) is 43.2 Å². The third-order valence-electron chi connectivity index (χ3n) is 6.26. The molecule has 8 heteroatoms. The zero-order chi connectivity index (χ0) is 22.6. The van der Waals surface area contributed by atoms with E-state index < -0.39 is 0 Å². The number of pyridine rings is 1. The van der Waals surface area contributed by atoms with Gasteiger partial charge in [0.1, 0.15) is 5.82 Å². The summed E-state index contributed by atoms with van der Waals surface area (Å²) in [4.78, 5) is 31.0. The summed E-state index contributed by atoms with van der Waals surface area (Å²) >= 11 is 0. The zero-order valence-electron chi connectivity index (χ0n) is 18.4. The van der Waals surface area contributed by atoms with Crippen LogP contribution in [0.2, 0.25) is 0 Å². The summed E-state index contributed by atoms with van der Waals surface area (Å²) in [5.74, 6) is 0.343. The molecule has 0 aliphatic carbocycles. The van der Waals surface area contributed by atoms with Crippen molar-refractivity contribution < 1.29 is 13.9 Å². The first-order valence-electron chi connectivity index (χ1n) is 11.3. The molecule has 2 aliphatic heterocycles. The Morgan fingerprint density at radius 1 is 1.06 bits per heavy atom. The Hall–Kier alpha value is -3.39. The Morgan fingerprint density at radius 3 is 2.64 bits per heavy atom. The van der Waals surface area contributed by atoms with Gasteiger partial charge in [-0.3, -0.25) is 9.78 Å². The molecule has 7 nitrogen and oxygen atoms in total. The zero-order valence-corrected chi connectivity index (χ0v) is 18.4. The van der Waals surface area contributed by atoms with Gasteiger partial charge in [-0.25, -0.2) is 14.4 Å². The van der Waals surface area contributed by atoms with Gasteiger partial charge in [0, 0.05) is 67.4 Å². The Labute approximate surface area is 192 Å². The molecular weight excluding hydrogens is 421 g/mol. The Bertz CT molecular complexity index is 1100. The third-order valence-corrected chi connectivity index (χ3v) is 6.26. The van der Waals surface area contributed by atoms with Gasteiger partial charge in [0.15, 0.2) is 0 Å². The van der Waals surface area contributed by atoms with Gasteiger partial charge in [0.05, 0.1) is 18.9 Å². The number of aromatic nitrogens is 3. The summed E-state index contributed by atoms with van der Waals surface area (Å²) < 4.78 is 18.8. The van der Waals surface area contributed by atoms with E-state index in [0.29, 0.717) is 37.8 Å². The summed E-state index contributed by atoms with van der Waals surface area (Å²) in [7, 11) is 0. The smallest absolute Gasteiger partial charge is 0.253 e. The SMILES string of the molecule is O=C(c1ccc(F)cc1)N1CCCC(c2nc(N3CCOCC3)ncc2-c2cccnc2)C1. The normalized spacial score (nSPS) is 18.9. The van der Waals surface area contributed by atoms with E-state index in [4.69, 9.17) is 9.72 Å². The van der Waals surface area contributed by atoms with Gasteiger partial charge in [-0.15, -0.1) is 0 Å². The van der Waals surface area contributed by atoms with Crippen molar-refractivity contribution in [1.82, 2.24) is 19.9 Å². The lowest BCUT2D eigenvalue weighted by atomic mass is 9.90. The largest absolute Gasteiger partial charge is 0.378 e. The molecule has 1 aromatic carbocycles. The quantitative estimate of drug-likeness (QED) is 0.609. The number of nitrogens with zero attached hydrogens (tertiary/aromatic N) is 5. The molecule has 0 radical (unpaired) electrons. The van der Waals surface area contributed by atoms with Crippen LogP contribution in [0.25, 0.3) is 11.1 Å². The highest BCUT2D eigenvalue weighted by atomic mass is 19.1. The lowest BCUT2D eigenvalue weighted by Crippen LogP contribution is -2.40. The molecule has 3 aromatic rings. The van der Waals surface area contributed by atoms with Crippen LogP contribution in [-0.4, -0.2) is 65.2 Å². The van der Waals surface area contributed by atoms with E-state index in [9.17, 15) is 9.18 Å². The van der Waals surface area contributed by atoms with Crippen molar-refractivity contribution in [3.05, 3.63) is 72.1 Å². The number of morpholine rings is 1. The van der Waals surface area contributed by atoms with E-state index in [0.717, 1.165) is 42.8 Å². The van der Waals surface area contributed by atoms with Crippen LogP contribution in [0.1, 0.15) is 34.8 Å². The highest BCUT2D eigenvalue weighted by Gasteiger charge is 2.29. The lowest BCUT2D eigenvalue weighted by Gasteiger charge is -2.34. The maximum absolute atomic E-state index is 13.3. The average Bonchev–Trinajstić information content (AvgIpc) is 2.89. The van der Waals surface area contributed by atoms with Crippen LogP contribution >= 0.6 is 0 Å². The van der Waals surface area contributed by atoms with Crippen molar-refractivity contribution in [2.45, 2.75) is 18.8 Å². The molecule has 2 fully saturated rings. The van der Waals surface area contributed by atoms with Crippen molar-refractivity contribution in [2.24, 2.45) is 0 Å². The molecule has 1 amide bonds. The fraction of sp³-hybridized carbons (Fsp3) is 0.360. The second-order valence-corrected chi connectivity index (χ2v) is 8.41. The highest BCUT2D eigenvalue weighted by Crippen LogP contribution is 2.34. The first kappa shape index (κ1) is 21.5. The molecule has 2 saturated heterocycles. The maximum atomic E-state index is 13.3. The van der Waals surface area contributed by atoms with Crippen LogP contribution in [0.5, 0.6) is 0 Å². The highest BCUT2D eigenvalue weighted by molar-refractivity contribution is 5.94. The van der Waals surface area contributed by atoms with E-state index >= 15 is 0 Å². The van der Waals surface area contributed by atoms with Crippen molar-refractivity contribution >= 4 is 11.9 Å². The van der Waals surface area contributed by atoms with Crippen LogP contribution < -0.4 is 4.90 Å². The van der Waals surface area contributed by atoms with Gasteiger partial charge in [-0.2, -0.15) is 0 Å². The molecule has 0 N–H and O–H groups in total. The molecule has 0 bridgehead atoms. The molecule has 5 rings (SSSR count). The number of anilines is 1. The molecule has 1 atom stereocenters. The van der Waals surface area contributed by atoms with Gasteiger partial charge in [0.2, 0.25) is 5.95 Å². The first-order valence-corrected chi connectivity index (χ1v) is 11.3. The molecule has 33 heavy (non-hydrogen) atoms. The molecule has 2 aromatic heterocycles. The van der Waals surface area contributed by atoms with E-state index in [-0.39, 0.29) is 17.6 Å². The Kier molecular flexibility index (Phi) is 6.26. The number of halogens is 1. The number of likely N-dealkylation sites (tertiary alicyclic amines) is 1. The molecule has 0 saturated carbocycles. The van der Waals surface area contributed by atoms with Gasteiger partial charge in [-0.1, -0.05) is 6.07 Å². The Morgan fingerprint density at radius 2 is 1.88 bits per heavy atom. The second kappa shape index (κ2) is 9.62. The summed E-state index contributed by atoms with van der Waals surface area (Å²) in [5, 5.41) is 0. The Balaban J connectivity index is 1.46. The third kappa shape index (κ3) is 4.71. The number of carbonyl (C=O) groups is 1. The van der Waals surface area contributed by atoms with Gasteiger partial charge < -0.3 is 14.5 Å². The van der Waals surface area contributed by atoms with Crippen molar-refractivity contribution in [2.75, 3.05) is 44.3 Å². The summed E-state index contributed by atoms with van der Waals surface area (Å²) in [6, 6.07) is 9.66. The summed E-state index contributed by atoms with van der Waals surface area (Å²) in [6.07, 6.45) is 7.25. The fourth-order valence-corrected chi connectivity index (χ4v) is 4.52. The van der Waals surface area contributed by atoms with Crippen molar-refractivity contribution in [3.8, 4) is 11.1 Å². The maximum Gasteiger partial charge on any atom is 0.253 e. The monoisotopic (exact) mass is 447 g/mol. The second-order valence-electron chi connectivity index (χ2n) is 8.41. The molecule has 4 heterocycles. The van der Waals surface area contributed by atoms with Crippen LogP contribution in [0.4, 0.5) is 10.3 Å². The van der Waals surface area contributed by atoms with Crippen LogP contribution in [0, 0.1) is 5.82 Å². The van der Waals surface area contributed by atoms with Crippen LogP contribution in [0.3, 0.4) is 0 Å². The van der Waals surface area contributed by atoms with E-state index in [2.05, 4.69) is 14.9 Å². The first-order chi connectivity index (χ1) is 16.2. The minimum atomic E-state index is -0.346. The number of benzene rings is 1. The molecule has 170 valence electrons. The molecule has 2 aliphatic rings. The van der Waals surface area contributed by atoms with Gasteiger partial charge >= 0.3 is 0 Å². The predicted octanol–water partition coefficient (Wildman–Crippen LogP) is 3.53. The predicted molar refractivity (Wildman–Crippen MR) is 123 cm³/mol. The van der Waals surface area contributed by atoms with Crippen molar-refractivity contribution in [3.63, 3.8) is 0 Å². The molecule has 1 unspecified atom stereocenters.